The molecule has 96 valence electrons. The molecule has 2 unspecified atom stereocenters. The zero-order valence-electron chi connectivity index (χ0n) is 10.3. The standard InChI is InChI=1S/C12H18F2N2O/c1-7-4-5-9(13)11(12(7)14)10(16-15)6-8(2)17-3/h4-5,8,10,16H,6,15H2,1-3H3. The van der Waals surface area contributed by atoms with Gasteiger partial charge >= 0.3 is 0 Å². The fraction of sp³-hybridized carbons (Fsp3) is 0.500. The SMILES string of the molecule is COC(C)CC(NN)c1c(F)ccc(C)c1F. The van der Waals surface area contributed by atoms with Crippen LogP contribution in [0.5, 0.6) is 0 Å². The van der Waals surface area contributed by atoms with Crippen molar-refractivity contribution in [1.29, 1.82) is 0 Å². The van der Waals surface area contributed by atoms with Gasteiger partial charge in [-0.15, -0.1) is 0 Å². The minimum Gasteiger partial charge on any atom is -0.382 e. The lowest BCUT2D eigenvalue weighted by Crippen LogP contribution is -2.32. The Labute approximate surface area is 99.9 Å². The van der Waals surface area contributed by atoms with E-state index in [2.05, 4.69) is 5.43 Å². The van der Waals surface area contributed by atoms with Crippen LogP contribution in [0.3, 0.4) is 0 Å². The van der Waals surface area contributed by atoms with Crippen molar-refractivity contribution in [3.05, 3.63) is 34.9 Å². The first kappa shape index (κ1) is 14.0. The first-order valence-electron chi connectivity index (χ1n) is 5.44. The maximum Gasteiger partial charge on any atom is 0.133 e. The second-order valence-corrected chi connectivity index (χ2v) is 4.09. The Kier molecular flexibility index (Phi) is 4.99. The molecule has 0 spiro atoms. The highest BCUT2D eigenvalue weighted by molar-refractivity contribution is 5.29. The van der Waals surface area contributed by atoms with Crippen LogP contribution in [0.4, 0.5) is 8.78 Å². The lowest BCUT2D eigenvalue weighted by Gasteiger charge is -2.21. The summed E-state index contributed by atoms with van der Waals surface area (Å²) in [5.74, 6) is 4.20. The van der Waals surface area contributed by atoms with Gasteiger partial charge in [0.05, 0.1) is 12.1 Å². The Hall–Kier alpha value is -1.04. The molecule has 0 saturated carbocycles. The Balaban J connectivity index is 3.07. The average molecular weight is 244 g/mol. The predicted octanol–water partition coefficient (Wildman–Crippen LogP) is 2.20. The van der Waals surface area contributed by atoms with E-state index in [0.29, 0.717) is 12.0 Å². The quantitative estimate of drug-likeness (QED) is 0.616. The molecule has 0 fully saturated rings. The number of nitrogens with one attached hydrogen (secondary N) is 1. The molecule has 0 amide bonds. The van der Waals surface area contributed by atoms with E-state index >= 15 is 0 Å². The summed E-state index contributed by atoms with van der Waals surface area (Å²) >= 11 is 0. The minimum absolute atomic E-state index is 0.0311. The summed E-state index contributed by atoms with van der Waals surface area (Å²) in [4.78, 5) is 0. The third-order valence-corrected chi connectivity index (χ3v) is 2.84. The van der Waals surface area contributed by atoms with Crippen LogP contribution in [0.2, 0.25) is 0 Å². The lowest BCUT2D eigenvalue weighted by molar-refractivity contribution is 0.0995. The Morgan fingerprint density at radius 3 is 2.59 bits per heavy atom. The monoisotopic (exact) mass is 244 g/mol. The van der Waals surface area contributed by atoms with E-state index in [0.717, 1.165) is 0 Å². The molecule has 0 aliphatic carbocycles. The van der Waals surface area contributed by atoms with Crippen molar-refractivity contribution in [3.8, 4) is 0 Å². The molecule has 0 aromatic heterocycles. The third-order valence-electron chi connectivity index (χ3n) is 2.84. The summed E-state index contributed by atoms with van der Waals surface area (Å²) in [5.41, 5.74) is 2.80. The molecule has 0 heterocycles. The van der Waals surface area contributed by atoms with Crippen LogP contribution in [0.25, 0.3) is 0 Å². The molecule has 1 rings (SSSR count). The molecule has 17 heavy (non-hydrogen) atoms. The van der Waals surface area contributed by atoms with Crippen molar-refractivity contribution in [2.24, 2.45) is 5.84 Å². The van der Waals surface area contributed by atoms with Gasteiger partial charge in [-0.1, -0.05) is 6.07 Å². The van der Waals surface area contributed by atoms with E-state index in [1.165, 1.54) is 12.1 Å². The topological polar surface area (TPSA) is 47.3 Å². The fourth-order valence-electron chi connectivity index (χ4n) is 1.70. The Morgan fingerprint density at radius 1 is 1.41 bits per heavy atom. The van der Waals surface area contributed by atoms with E-state index in [4.69, 9.17) is 10.6 Å². The zero-order chi connectivity index (χ0) is 13.0. The summed E-state index contributed by atoms with van der Waals surface area (Å²) < 4.78 is 32.6. The predicted molar refractivity (Wildman–Crippen MR) is 62.2 cm³/mol. The highest BCUT2D eigenvalue weighted by Crippen LogP contribution is 2.26. The van der Waals surface area contributed by atoms with Crippen molar-refractivity contribution in [1.82, 2.24) is 5.43 Å². The van der Waals surface area contributed by atoms with Crippen molar-refractivity contribution >= 4 is 0 Å². The summed E-state index contributed by atoms with van der Waals surface area (Å²) in [6, 6.07) is 2.04. The normalized spacial score (nSPS) is 14.7. The van der Waals surface area contributed by atoms with Crippen LogP contribution in [0.15, 0.2) is 12.1 Å². The minimum atomic E-state index is -0.607. The maximum atomic E-state index is 13.9. The number of rotatable bonds is 5. The van der Waals surface area contributed by atoms with Gasteiger partial charge in [0.2, 0.25) is 0 Å². The van der Waals surface area contributed by atoms with Gasteiger partial charge in [0, 0.05) is 12.7 Å². The van der Waals surface area contributed by atoms with Crippen LogP contribution < -0.4 is 11.3 Å². The molecule has 0 bridgehead atoms. The second kappa shape index (κ2) is 6.05. The van der Waals surface area contributed by atoms with Crippen molar-refractivity contribution in [3.63, 3.8) is 0 Å². The third kappa shape index (κ3) is 3.21. The van der Waals surface area contributed by atoms with Crippen molar-refractivity contribution < 1.29 is 13.5 Å². The molecule has 5 heteroatoms. The summed E-state index contributed by atoms with van der Waals surface area (Å²) in [6.45, 7) is 3.40. The van der Waals surface area contributed by atoms with Crippen LogP contribution in [-0.2, 0) is 4.74 Å². The molecule has 0 saturated heterocycles. The molecule has 0 radical (unpaired) electrons. The number of hydrogen-bond acceptors (Lipinski definition) is 3. The number of aryl methyl sites for hydroxylation is 1. The second-order valence-electron chi connectivity index (χ2n) is 4.09. The van der Waals surface area contributed by atoms with E-state index < -0.39 is 17.7 Å². The first-order valence-corrected chi connectivity index (χ1v) is 5.44. The summed E-state index contributed by atoms with van der Waals surface area (Å²) in [7, 11) is 1.54. The highest BCUT2D eigenvalue weighted by Gasteiger charge is 2.22. The first-order chi connectivity index (χ1) is 8.01. The molecular weight excluding hydrogens is 226 g/mol. The van der Waals surface area contributed by atoms with E-state index in [1.54, 1.807) is 14.0 Å². The Morgan fingerprint density at radius 2 is 2.06 bits per heavy atom. The number of hydrazine groups is 1. The van der Waals surface area contributed by atoms with Gasteiger partial charge in [-0.05, 0) is 31.9 Å². The van der Waals surface area contributed by atoms with Crippen LogP contribution in [0.1, 0.15) is 30.5 Å². The molecule has 0 aliphatic rings. The molecule has 1 aromatic carbocycles. The summed E-state index contributed by atoms with van der Waals surface area (Å²) in [5, 5.41) is 0. The molecule has 3 nitrogen and oxygen atoms in total. The van der Waals surface area contributed by atoms with Crippen LogP contribution >= 0.6 is 0 Å². The van der Waals surface area contributed by atoms with Crippen LogP contribution in [-0.4, -0.2) is 13.2 Å². The lowest BCUT2D eigenvalue weighted by atomic mass is 9.98. The van der Waals surface area contributed by atoms with Crippen molar-refractivity contribution in [2.45, 2.75) is 32.4 Å². The van der Waals surface area contributed by atoms with E-state index in [9.17, 15) is 8.78 Å². The summed E-state index contributed by atoms with van der Waals surface area (Å²) in [6.07, 6.45) is 0.250. The van der Waals surface area contributed by atoms with Gasteiger partial charge in [-0.2, -0.15) is 0 Å². The van der Waals surface area contributed by atoms with Gasteiger partial charge in [0.1, 0.15) is 11.6 Å². The zero-order valence-corrected chi connectivity index (χ0v) is 10.3. The van der Waals surface area contributed by atoms with Gasteiger partial charge < -0.3 is 4.74 Å². The van der Waals surface area contributed by atoms with E-state index in [1.807, 2.05) is 6.92 Å². The van der Waals surface area contributed by atoms with Gasteiger partial charge in [-0.3, -0.25) is 11.3 Å². The number of methoxy groups -OCH3 is 1. The average Bonchev–Trinajstić information content (AvgIpc) is 2.32. The highest BCUT2D eigenvalue weighted by atomic mass is 19.1. The molecule has 3 N–H and O–H groups in total. The van der Waals surface area contributed by atoms with Crippen LogP contribution in [0, 0.1) is 18.6 Å². The number of ether oxygens (including phenoxy) is 1. The maximum absolute atomic E-state index is 13.9. The molecule has 1 aromatic rings. The number of nitrogens with two attached hydrogens (primary N) is 1. The number of hydrogen-bond donors (Lipinski definition) is 2. The van der Waals surface area contributed by atoms with Gasteiger partial charge in [0.25, 0.3) is 0 Å². The molecule has 0 aliphatic heterocycles. The van der Waals surface area contributed by atoms with Gasteiger partial charge in [0.15, 0.2) is 0 Å². The molecular formula is C12H18F2N2O. The largest absolute Gasteiger partial charge is 0.382 e. The Bertz CT molecular complexity index is 385. The number of halogens is 2. The fourth-order valence-corrected chi connectivity index (χ4v) is 1.70. The van der Waals surface area contributed by atoms with Crippen molar-refractivity contribution in [2.75, 3.05) is 7.11 Å². The van der Waals surface area contributed by atoms with E-state index in [-0.39, 0.29) is 11.7 Å². The number of benzene rings is 1. The van der Waals surface area contributed by atoms with Gasteiger partial charge in [-0.25, -0.2) is 8.78 Å². The molecule has 2 atom stereocenters. The smallest absolute Gasteiger partial charge is 0.133 e.